The van der Waals surface area contributed by atoms with E-state index < -0.39 is 34.3 Å². The predicted molar refractivity (Wildman–Crippen MR) is 114 cm³/mol. The summed E-state index contributed by atoms with van der Waals surface area (Å²) in [5, 5.41) is 10.8. The Labute approximate surface area is 176 Å². The molecule has 30 heavy (non-hydrogen) atoms. The number of fused-ring (bicyclic) bond motifs is 1. The van der Waals surface area contributed by atoms with Crippen molar-refractivity contribution in [1.82, 2.24) is 9.55 Å². The normalized spacial score (nSPS) is 27.7. The Morgan fingerprint density at radius 2 is 2.10 bits per heavy atom. The molecule has 0 spiro atoms. The minimum atomic E-state index is -2.16. The number of carbonyl (C=O) groups is 1. The summed E-state index contributed by atoms with van der Waals surface area (Å²) in [6.45, 7) is 8.15. The molecule has 1 aliphatic carbocycles. The van der Waals surface area contributed by atoms with Gasteiger partial charge in [0.2, 0.25) is 11.9 Å². The maximum atomic E-state index is 14.7. The zero-order valence-electron chi connectivity index (χ0n) is 17.9. The second-order valence-corrected chi connectivity index (χ2v) is 9.91. The lowest BCUT2D eigenvalue weighted by atomic mass is 9.69. The van der Waals surface area contributed by atoms with Gasteiger partial charge in [0.25, 0.3) is 0 Å². The average molecular weight is 443 g/mol. The third-order valence-corrected chi connectivity index (χ3v) is 7.27. The second-order valence-electron chi connectivity index (χ2n) is 9.07. The lowest BCUT2D eigenvalue weighted by molar-refractivity contribution is -0.131. The minimum Gasteiger partial charge on any atom is -0.386 e. The van der Waals surface area contributed by atoms with E-state index in [9.17, 15) is 23.1 Å². The first-order valence-corrected chi connectivity index (χ1v) is 10.7. The van der Waals surface area contributed by atoms with Gasteiger partial charge in [-0.25, -0.2) is 18.2 Å². The molecule has 2 N–H and O–H groups in total. The SMILES string of the molecule is CCC(C)n1c(NC(=O)CC2CC(C)(F)C2(F)P)nc2c(F)cc(C(C)(C)O)cc21. The first kappa shape index (κ1) is 23.0. The lowest BCUT2D eigenvalue weighted by Gasteiger charge is -2.50. The van der Waals surface area contributed by atoms with E-state index >= 15 is 0 Å². The number of anilines is 1. The predicted octanol–water partition coefficient (Wildman–Crippen LogP) is 4.99. The van der Waals surface area contributed by atoms with E-state index in [4.69, 9.17) is 0 Å². The van der Waals surface area contributed by atoms with Crippen LogP contribution in [0.4, 0.5) is 19.1 Å². The number of alkyl halides is 2. The number of hydrogen-bond donors (Lipinski definition) is 2. The fourth-order valence-electron chi connectivity index (χ4n) is 3.91. The number of nitrogens with one attached hydrogen (secondary N) is 1. The smallest absolute Gasteiger partial charge is 0.227 e. The first-order chi connectivity index (χ1) is 13.7. The first-order valence-electron chi connectivity index (χ1n) is 10.1. The van der Waals surface area contributed by atoms with Crippen molar-refractivity contribution in [1.29, 1.82) is 0 Å². The van der Waals surface area contributed by atoms with Gasteiger partial charge in [0.1, 0.15) is 11.2 Å². The van der Waals surface area contributed by atoms with E-state index in [0.29, 0.717) is 17.5 Å². The number of amides is 1. The van der Waals surface area contributed by atoms with Crippen LogP contribution in [0.3, 0.4) is 0 Å². The molecule has 5 atom stereocenters. The number of aromatic nitrogens is 2. The number of nitrogens with zero attached hydrogens (tertiary/aromatic N) is 2. The summed E-state index contributed by atoms with van der Waals surface area (Å²) in [4.78, 5) is 16.8. The van der Waals surface area contributed by atoms with Crippen molar-refractivity contribution in [3.05, 3.63) is 23.5 Å². The van der Waals surface area contributed by atoms with Crippen molar-refractivity contribution in [3.63, 3.8) is 0 Å². The van der Waals surface area contributed by atoms with Gasteiger partial charge >= 0.3 is 0 Å². The summed E-state index contributed by atoms with van der Waals surface area (Å²) in [5.41, 5.74) is -2.33. The van der Waals surface area contributed by atoms with Crippen LogP contribution in [0.5, 0.6) is 0 Å². The van der Waals surface area contributed by atoms with Gasteiger partial charge in [0, 0.05) is 18.4 Å². The highest BCUT2D eigenvalue weighted by atomic mass is 31.0. The van der Waals surface area contributed by atoms with Crippen molar-refractivity contribution in [2.24, 2.45) is 5.92 Å². The molecular weight excluding hydrogens is 414 g/mol. The molecule has 0 bridgehead atoms. The van der Waals surface area contributed by atoms with E-state index in [1.807, 2.05) is 23.1 Å². The molecule has 1 saturated carbocycles. The summed E-state index contributed by atoms with van der Waals surface area (Å²) >= 11 is 0. The van der Waals surface area contributed by atoms with Gasteiger partial charge in [0.15, 0.2) is 11.2 Å². The third-order valence-electron chi connectivity index (χ3n) is 6.19. The van der Waals surface area contributed by atoms with E-state index in [1.54, 1.807) is 24.5 Å². The van der Waals surface area contributed by atoms with Gasteiger partial charge in [-0.15, -0.1) is 0 Å². The number of rotatable bonds is 6. The Hall–Kier alpha value is -1.66. The molecule has 0 aliphatic heterocycles. The number of halogens is 3. The maximum absolute atomic E-state index is 14.7. The Morgan fingerprint density at radius 1 is 1.47 bits per heavy atom. The van der Waals surface area contributed by atoms with Gasteiger partial charge in [-0.2, -0.15) is 0 Å². The van der Waals surface area contributed by atoms with Crippen LogP contribution in [0.25, 0.3) is 11.0 Å². The molecule has 3 rings (SSSR count). The van der Waals surface area contributed by atoms with Crippen LogP contribution in [0.1, 0.15) is 65.5 Å². The molecule has 1 fully saturated rings. The molecule has 1 heterocycles. The van der Waals surface area contributed by atoms with Gasteiger partial charge in [0.05, 0.1) is 11.1 Å². The molecule has 1 aromatic heterocycles. The van der Waals surface area contributed by atoms with Crippen molar-refractivity contribution >= 4 is 32.1 Å². The zero-order chi connectivity index (χ0) is 22.6. The molecule has 0 saturated heterocycles. The molecule has 5 nitrogen and oxygen atoms in total. The number of imidazole rings is 1. The highest BCUT2D eigenvalue weighted by molar-refractivity contribution is 7.19. The van der Waals surface area contributed by atoms with Crippen LogP contribution in [-0.2, 0) is 10.4 Å². The number of hydrogen-bond acceptors (Lipinski definition) is 3. The van der Waals surface area contributed by atoms with Crippen molar-refractivity contribution < 1.29 is 23.1 Å². The highest BCUT2D eigenvalue weighted by Crippen LogP contribution is 2.58. The molecule has 1 aromatic carbocycles. The van der Waals surface area contributed by atoms with Crippen LogP contribution in [0.15, 0.2) is 12.1 Å². The summed E-state index contributed by atoms with van der Waals surface area (Å²) < 4.78 is 45.0. The number of carbonyl (C=O) groups excluding carboxylic acids is 1. The Balaban J connectivity index is 1.95. The quantitative estimate of drug-likeness (QED) is 0.618. The van der Waals surface area contributed by atoms with Gasteiger partial charge < -0.3 is 9.67 Å². The third kappa shape index (κ3) is 3.84. The van der Waals surface area contributed by atoms with Gasteiger partial charge in [-0.1, -0.05) is 16.2 Å². The van der Waals surface area contributed by atoms with E-state index in [1.165, 1.54) is 13.0 Å². The van der Waals surface area contributed by atoms with Crippen LogP contribution in [0, 0.1) is 11.7 Å². The van der Waals surface area contributed by atoms with Crippen LogP contribution in [-0.4, -0.2) is 31.6 Å². The summed E-state index contributed by atoms with van der Waals surface area (Å²) in [5.74, 6) is -1.74. The summed E-state index contributed by atoms with van der Waals surface area (Å²) in [7, 11) is 1.88. The highest BCUT2D eigenvalue weighted by Gasteiger charge is 2.62. The van der Waals surface area contributed by atoms with Crippen molar-refractivity contribution in [2.45, 2.75) is 76.6 Å². The molecular formula is C21H29F3N3O2P. The fraction of sp³-hybridized carbons (Fsp3) is 0.619. The van der Waals surface area contributed by atoms with E-state index in [0.717, 1.165) is 0 Å². The monoisotopic (exact) mass is 443 g/mol. The van der Waals surface area contributed by atoms with E-state index in [-0.39, 0.29) is 30.3 Å². The Morgan fingerprint density at radius 3 is 2.60 bits per heavy atom. The van der Waals surface area contributed by atoms with Gasteiger partial charge in [-0.05, 0) is 58.2 Å². The molecule has 5 unspecified atom stereocenters. The molecule has 1 aliphatic rings. The second kappa shape index (κ2) is 7.49. The topological polar surface area (TPSA) is 67.2 Å². The Bertz CT molecular complexity index is 982. The number of aliphatic hydroxyl groups is 1. The fourth-order valence-corrected chi connectivity index (χ4v) is 4.26. The summed E-state index contributed by atoms with van der Waals surface area (Å²) in [6.07, 6.45) is 0.428. The molecule has 2 aromatic rings. The molecule has 1 amide bonds. The summed E-state index contributed by atoms with van der Waals surface area (Å²) in [6, 6.07) is 2.76. The largest absolute Gasteiger partial charge is 0.386 e. The van der Waals surface area contributed by atoms with E-state index in [2.05, 4.69) is 10.3 Å². The lowest BCUT2D eigenvalue weighted by Crippen LogP contribution is -2.59. The number of benzene rings is 1. The van der Waals surface area contributed by atoms with Crippen molar-refractivity contribution in [3.8, 4) is 0 Å². The zero-order valence-corrected chi connectivity index (χ0v) is 19.0. The van der Waals surface area contributed by atoms with Gasteiger partial charge in [-0.3, -0.25) is 10.1 Å². The maximum Gasteiger partial charge on any atom is 0.227 e. The van der Waals surface area contributed by atoms with Crippen molar-refractivity contribution in [2.75, 3.05) is 5.32 Å². The minimum absolute atomic E-state index is 0.0498. The molecule has 9 heteroatoms. The molecule has 0 radical (unpaired) electrons. The average Bonchev–Trinajstić information content (AvgIpc) is 2.98. The Kier molecular flexibility index (Phi) is 5.74. The van der Waals surface area contributed by atoms with Crippen LogP contribution in [0.2, 0.25) is 0 Å². The standard InChI is InChI=1S/C21H29F3N3O2P/c1-6-11(2)27-15-8-12(19(3,4)29)7-14(22)17(15)26-18(27)25-16(28)9-13-10-20(5,23)21(13,24)30/h7-8,11,13,29H,6,9-10,30H2,1-5H3,(H,25,26,28). The molecule has 166 valence electrons. The van der Waals surface area contributed by atoms with Crippen LogP contribution < -0.4 is 5.32 Å². The van der Waals surface area contributed by atoms with Crippen LogP contribution >= 0.6 is 9.24 Å².